The molecule has 23 heavy (non-hydrogen) atoms. The average molecular weight is 367 g/mol. The van der Waals surface area contributed by atoms with E-state index in [1.807, 2.05) is 12.1 Å². The van der Waals surface area contributed by atoms with Crippen molar-refractivity contribution < 1.29 is 4.79 Å². The van der Waals surface area contributed by atoms with Crippen LogP contribution in [0.5, 0.6) is 0 Å². The fraction of sp³-hybridized carbons (Fsp3) is 0.133. The number of aromatic amines is 1. The smallest absolute Gasteiger partial charge is 0.237 e. The van der Waals surface area contributed by atoms with Crippen LogP contribution in [0.1, 0.15) is 6.92 Å². The first-order chi connectivity index (χ1) is 11.0. The molecule has 0 saturated carbocycles. The zero-order valence-corrected chi connectivity index (χ0v) is 14.3. The summed E-state index contributed by atoms with van der Waals surface area (Å²) in [6.45, 7) is 1.80. The Hall–Kier alpha value is -1.76. The standard InChI is InChI=1S/C15H12Cl2N4OS/c1-8(14(22)19-11-5-3-2-4-10(11)17)23-15-20-12-6-9(16)7-18-13(12)21-15/h2-8H,1H3,(H,19,22)(H,18,20,21)/t8-/m1/s1. The number of fused-ring (bicyclic) bond motifs is 1. The van der Waals surface area contributed by atoms with Gasteiger partial charge in [-0.2, -0.15) is 0 Å². The Labute approximate surface area is 146 Å². The molecule has 0 unspecified atom stereocenters. The van der Waals surface area contributed by atoms with Crippen LogP contribution < -0.4 is 5.32 Å². The van der Waals surface area contributed by atoms with Gasteiger partial charge in [0.05, 0.1) is 26.5 Å². The lowest BCUT2D eigenvalue weighted by molar-refractivity contribution is -0.115. The van der Waals surface area contributed by atoms with Crippen molar-refractivity contribution in [1.29, 1.82) is 0 Å². The number of para-hydroxylation sites is 1. The van der Waals surface area contributed by atoms with Crippen molar-refractivity contribution in [3.05, 3.63) is 46.6 Å². The Kier molecular flexibility index (Phi) is 4.75. The molecule has 0 aliphatic rings. The Balaban J connectivity index is 1.71. The zero-order valence-electron chi connectivity index (χ0n) is 12.0. The number of carbonyl (C=O) groups is 1. The minimum absolute atomic E-state index is 0.158. The maximum absolute atomic E-state index is 12.3. The van der Waals surface area contributed by atoms with E-state index in [1.165, 1.54) is 18.0 Å². The number of hydrogen-bond acceptors (Lipinski definition) is 4. The fourth-order valence-electron chi connectivity index (χ4n) is 1.93. The number of carbonyl (C=O) groups excluding carboxylic acids is 1. The highest BCUT2D eigenvalue weighted by atomic mass is 35.5. The number of pyridine rings is 1. The van der Waals surface area contributed by atoms with Crippen LogP contribution >= 0.6 is 35.0 Å². The average Bonchev–Trinajstić information content (AvgIpc) is 2.90. The molecule has 0 radical (unpaired) electrons. The van der Waals surface area contributed by atoms with Crippen LogP contribution in [-0.2, 0) is 4.79 Å². The molecule has 0 fully saturated rings. The van der Waals surface area contributed by atoms with Gasteiger partial charge in [0.25, 0.3) is 0 Å². The SMILES string of the molecule is C[C@@H](Sc1nc2ncc(Cl)cc2[nH]1)C(=O)Nc1ccccc1Cl. The molecule has 2 N–H and O–H groups in total. The number of halogens is 2. The Morgan fingerprint density at radius 2 is 2.13 bits per heavy atom. The van der Waals surface area contributed by atoms with Gasteiger partial charge in [-0.3, -0.25) is 4.79 Å². The molecular weight excluding hydrogens is 355 g/mol. The number of H-pyrrole nitrogens is 1. The third-order valence-electron chi connectivity index (χ3n) is 3.07. The lowest BCUT2D eigenvalue weighted by Crippen LogP contribution is -2.22. The largest absolute Gasteiger partial charge is 0.331 e. The van der Waals surface area contributed by atoms with Crippen molar-refractivity contribution in [1.82, 2.24) is 15.0 Å². The normalized spacial score (nSPS) is 12.3. The van der Waals surface area contributed by atoms with E-state index in [0.29, 0.717) is 26.5 Å². The maximum Gasteiger partial charge on any atom is 0.237 e. The third-order valence-corrected chi connectivity index (χ3v) is 4.59. The first-order valence-electron chi connectivity index (χ1n) is 6.76. The van der Waals surface area contributed by atoms with E-state index in [1.54, 1.807) is 25.1 Å². The first-order valence-corrected chi connectivity index (χ1v) is 8.40. The Morgan fingerprint density at radius 1 is 1.35 bits per heavy atom. The van der Waals surface area contributed by atoms with Crippen LogP contribution in [0.25, 0.3) is 11.2 Å². The maximum atomic E-state index is 12.3. The molecule has 3 aromatic rings. The van der Waals surface area contributed by atoms with E-state index in [4.69, 9.17) is 23.2 Å². The van der Waals surface area contributed by atoms with Crippen molar-refractivity contribution in [3.63, 3.8) is 0 Å². The molecule has 0 aliphatic carbocycles. The van der Waals surface area contributed by atoms with Crippen LogP contribution in [0.4, 0.5) is 5.69 Å². The molecule has 0 saturated heterocycles. The van der Waals surface area contributed by atoms with Gasteiger partial charge < -0.3 is 10.3 Å². The zero-order chi connectivity index (χ0) is 16.4. The van der Waals surface area contributed by atoms with E-state index < -0.39 is 0 Å². The van der Waals surface area contributed by atoms with E-state index >= 15 is 0 Å². The predicted octanol–water partition coefficient (Wildman–Crippen LogP) is 4.38. The molecule has 3 rings (SSSR count). The lowest BCUT2D eigenvalue weighted by Gasteiger charge is -2.11. The van der Waals surface area contributed by atoms with Crippen molar-refractivity contribution in [3.8, 4) is 0 Å². The predicted molar refractivity (Wildman–Crippen MR) is 94.3 cm³/mol. The van der Waals surface area contributed by atoms with Gasteiger partial charge in [-0.05, 0) is 25.1 Å². The Bertz CT molecular complexity index is 868. The minimum atomic E-state index is -0.359. The molecule has 8 heteroatoms. The highest BCUT2D eigenvalue weighted by Gasteiger charge is 2.18. The van der Waals surface area contributed by atoms with Gasteiger partial charge in [0.1, 0.15) is 0 Å². The summed E-state index contributed by atoms with van der Waals surface area (Å²) in [5.41, 5.74) is 1.89. The summed E-state index contributed by atoms with van der Waals surface area (Å²) in [5, 5.41) is 4.08. The van der Waals surface area contributed by atoms with E-state index in [-0.39, 0.29) is 11.2 Å². The van der Waals surface area contributed by atoms with Gasteiger partial charge in [-0.25, -0.2) is 9.97 Å². The molecular formula is C15H12Cl2N4OS. The molecule has 1 atom stereocenters. The number of nitrogens with zero attached hydrogens (tertiary/aromatic N) is 2. The second-order valence-electron chi connectivity index (χ2n) is 4.80. The number of aromatic nitrogens is 3. The van der Waals surface area contributed by atoms with E-state index in [0.717, 1.165) is 5.52 Å². The number of amides is 1. The fourth-order valence-corrected chi connectivity index (χ4v) is 3.08. The van der Waals surface area contributed by atoms with Crippen molar-refractivity contribution in [2.24, 2.45) is 0 Å². The summed E-state index contributed by atoms with van der Waals surface area (Å²) in [5.74, 6) is -0.158. The monoisotopic (exact) mass is 366 g/mol. The van der Waals surface area contributed by atoms with Crippen molar-refractivity contribution in [2.45, 2.75) is 17.3 Å². The molecule has 2 aromatic heterocycles. The van der Waals surface area contributed by atoms with Crippen molar-refractivity contribution >= 4 is 57.7 Å². The number of nitrogens with one attached hydrogen (secondary N) is 2. The van der Waals surface area contributed by atoms with E-state index in [2.05, 4.69) is 20.3 Å². The summed E-state index contributed by atoms with van der Waals surface area (Å²) < 4.78 is 0. The molecule has 0 aliphatic heterocycles. The van der Waals surface area contributed by atoms with Crippen LogP contribution in [0.2, 0.25) is 10.0 Å². The number of imidazole rings is 1. The first kappa shape index (κ1) is 16.1. The number of hydrogen-bond donors (Lipinski definition) is 2. The molecule has 1 amide bonds. The highest BCUT2D eigenvalue weighted by molar-refractivity contribution is 8.00. The van der Waals surface area contributed by atoms with Crippen LogP contribution in [0.15, 0.2) is 41.7 Å². The second-order valence-corrected chi connectivity index (χ2v) is 6.97. The second kappa shape index (κ2) is 6.78. The van der Waals surface area contributed by atoms with Gasteiger partial charge in [0, 0.05) is 6.20 Å². The minimum Gasteiger partial charge on any atom is -0.331 e. The van der Waals surface area contributed by atoms with Gasteiger partial charge in [-0.1, -0.05) is 47.1 Å². The molecule has 0 spiro atoms. The quantitative estimate of drug-likeness (QED) is 0.672. The van der Waals surface area contributed by atoms with Gasteiger partial charge in [0.2, 0.25) is 5.91 Å². The number of thioether (sulfide) groups is 1. The van der Waals surface area contributed by atoms with Crippen molar-refractivity contribution in [2.75, 3.05) is 5.32 Å². The van der Waals surface area contributed by atoms with Crippen LogP contribution in [-0.4, -0.2) is 26.1 Å². The summed E-state index contributed by atoms with van der Waals surface area (Å²) in [7, 11) is 0. The Morgan fingerprint density at radius 3 is 2.91 bits per heavy atom. The number of rotatable bonds is 4. The topological polar surface area (TPSA) is 70.7 Å². The lowest BCUT2D eigenvalue weighted by atomic mass is 10.3. The number of anilines is 1. The molecule has 5 nitrogen and oxygen atoms in total. The van der Waals surface area contributed by atoms with Gasteiger partial charge in [0.15, 0.2) is 10.8 Å². The van der Waals surface area contributed by atoms with Gasteiger partial charge >= 0.3 is 0 Å². The molecule has 0 bridgehead atoms. The third kappa shape index (κ3) is 3.77. The summed E-state index contributed by atoms with van der Waals surface area (Å²) in [6.07, 6.45) is 1.53. The molecule has 2 heterocycles. The highest BCUT2D eigenvalue weighted by Crippen LogP contribution is 2.26. The molecule has 118 valence electrons. The number of benzene rings is 1. The molecule has 1 aromatic carbocycles. The summed E-state index contributed by atoms with van der Waals surface area (Å²) in [6, 6.07) is 8.85. The summed E-state index contributed by atoms with van der Waals surface area (Å²) >= 11 is 13.2. The van der Waals surface area contributed by atoms with Crippen LogP contribution in [0, 0.1) is 0 Å². The van der Waals surface area contributed by atoms with Gasteiger partial charge in [-0.15, -0.1) is 0 Å². The van der Waals surface area contributed by atoms with E-state index in [9.17, 15) is 4.79 Å². The summed E-state index contributed by atoms with van der Waals surface area (Å²) in [4.78, 5) is 23.8. The van der Waals surface area contributed by atoms with Crippen LogP contribution in [0.3, 0.4) is 0 Å².